The molecule has 1 fully saturated rings. The number of carboxylic acids is 2. The van der Waals surface area contributed by atoms with Crippen LogP contribution >= 0.6 is 0 Å². The fraction of sp³-hybridized carbons (Fsp3) is 0.500. The molecule has 1 aliphatic heterocycles. The van der Waals surface area contributed by atoms with Gasteiger partial charge in [0.05, 0.1) is 7.11 Å². The second-order valence-corrected chi connectivity index (χ2v) is 5.42. The Labute approximate surface area is 135 Å². The number of aliphatic carboxylic acids is 2. The van der Waals surface area contributed by atoms with Gasteiger partial charge in [0.15, 0.2) is 0 Å². The van der Waals surface area contributed by atoms with E-state index in [0.29, 0.717) is 6.04 Å². The predicted octanol–water partition coefficient (Wildman–Crippen LogP) is 1.03. The third kappa shape index (κ3) is 7.62. The average Bonchev–Trinajstić information content (AvgIpc) is 2.55. The molecule has 0 saturated carbocycles. The van der Waals surface area contributed by atoms with Crippen molar-refractivity contribution < 1.29 is 24.5 Å². The summed E-state index contributed by atoms with van der Waals surface area (Å²) in [5.74, 6) is -2.72. The van der Waals surface area contributed by atoms with E-state index in [1.54, 1.807) is 7.11 Å². The summed E-state index contributed by atoms with van der Waals surface area (Å²) in [6.07, 6.45) is 2.51. The van der Waals surface area contributed by atoms with Crippen LogP contribution in [-0.2, 0) is 16.1 Å². The normalized spacial score (nSPS) is 15.4. The van der Waals surface area contributed by atoms with Crippen molar-refractivity contribution in [2.24, 2.45) is 0 Å². The van der Waals surface area contributed by atoms with Crippen molar-refractivity contribution >= 4 is 11.9 Å². The van der Waals surface area contributed by atoms with E-state index in [2.05, 4.69) is 29.4 Å². The number of piperidine rings is 1. The number of rotatable bonds is 4. The molecule has 0 atom stereocenters. The minimum absolute atomic E-state index is 0.674. The van der Waals surface area contributed by atoms with E-state index in [4.69, 9.17) is 24.5 Å². The molecule has 23 heavy (non-hydrogen) atoms. The Balaban J connectivity index is 0.000000379. The first-order valence-corrected chi connectivity index (χ1v) is 7.43. The molecule has 0 aromatic heterocycles. The van der Waals surface area contributed by atoms with E-state index in [1.807, 2.05) is 12.1 Å². The lowest BCUT2D eigenvalue weighted by molar-refractivity contribution is -0.159. The van der Waals surface area contributed by atoms with Crippen LogP contribution in [0.1, 0.15) is 18.4 Å². The van der Waals surface area contributed by atoms with E-state index in [0.717, 1.165) is 12.3 Å². The maximum Gasteiger partial charge on any atom is 0.414 e. The summed E-state index contributed by atoms with van der Waals surface area (Å²) in [7, 11) is 3.89. The standard InChI is InChI=1S/C14H22N2O.C2H2O4/c1-16-9-7-13(8-10-16)15-11-12-3-5-14(17-2)6-4-12;3-1(4)2(5)6/h3-6,13,15H,7-11H2,1-2H3;(H,3,4)(H,5,6). The zero-order valence-corrected chi connectivity index (χ0v) is 13.5. The molecule has 0 bridgehead atoms. The van der Waals surface area contributed by atoms with Crippen LogP contribution < -0.4 is 10.1 Å². The lowest BCUT2D eigenvalue weighted by Gasteiger charge is -2.29. The van der Waals surface area contributed by atoms with Crippen molar-refractivity contribution in [1.82, 2.24) is 10.2 Å². The molecular weight excluding hydrogens is 300 g/mol. The van der Waals surface area contributed by atoms with E-state index in [9.17, 15) is 0 Å². The lowest BCUT2D eigenvalue weighted by atomic mass is 10.1. The maximum absolute atomic E-state index is 9.10. The molecule has 1 saturated heterocycles. The number of likely N-dealkylation sites (tertiary alicyclic amines) is 1. The monoisotopic (exact) mass is 324 g/mol. The second-order valence-electron chi connectivity index (χ2n) is 5.42. The minimum atomic E-state index is -1.82. The van der Waals surface area contributed by atoms with Gasteiger partial charge in [0, 0.05) is 12.6 Å². The number of carboxylic acid groups (broad SMARTS) is 2. The van der Waals surface area contributed by atoms with Crippen molar-refractivity contribution in [2.45, 2.75) is 25.4 Å². The fourth-order valence-electron chi connectivity index (χ4n) is 2.22. The Morgan fingerprint density at radius 3 is 2.13 bits per heavy atom. The van der Waals surface area contributed by atoms with Crippen LogP contribution in [0.25, 0.3) is 0 Å². The van der Waals surface area contributed by atoms with E-state index in [-0.39, 0.29) is 0 Å². The number of hydrogen-bond acceptors (Lipinski definition) is 5. The first-order chi connectivity index (χ1) is 10.9. The smallest absolute Gasteiger partial charge is 0.414 e. The number of methoxy groups -OCH3 is 1. The van der Waals surface area contributed by atoms with Crippen molar-refractivity contribution in [2.75, 3.05) is 27.2 Å². The highest BCUT2D eigenvalue weighted by atomic mass is 16.5. The van der Waals surface area contributed by atoms with Crippen LogP contribution in [0.5, 0.6) is 5.75 Å². The summed E-state index contributed by atoms with van der Waals surface area (Å²) >= 11 is 0. The highest BCUT2D eigenvalue weighted by molar-refractivity contribution is 6.27. The Kier molecular flexibility index (Phi) is 8.07. The summed E-state index contributed by atoms with van der Waals surface area (Å²) in [6, 6.07) is 8.96. The van der Waals surface area contributed by atoms with Crippen molar-refractivity contribution in [1.29, 1.82) is 0 Å². The third-order valence-corrected chi connectivity index (χ3v) is 3.66. The molecule has 2 rings (SSSR count). The van der Waals surface area contributed by atoms with Crippen LogP contribution in [0.3, 0.4) is 0 Å². The largest absolute Gasteiger partial charge is 0.497 e. The third-order valence-electron chi connectivity index (χ3n) is 3.66. The van der Waals surface area contributed by atoms with E-state index < -0.39 is 11.9 Å². The summed E-state index contributed by atoms with van der Waals surface area (Å²) in [4.78, 5) is 20.6. The zero-order valence-electron chi connectivity index (χ0n) is 13.5. The number of nitrogens with zero attached hydrogens (tertiary/aromatic N) is 1. The highest BCUT2D eigenvalue weighted by Crippen LogP contribution is 2.13. The molecule has 7 nitrogen and oxygen atoms in total. The molecule has 3 N–H and O–H groups in total. The Bertz CT molecular complexity index is 484. The molecule has 0 radical (unpaired) electrons. The Hall–Kier alpha value is -2.12. The quantitative estimate of drug-likeness (QED) is 0.712. The van der Waals surface area contributed by atoms with Gasteiger partial charge in [0.2, 0.25) is 0 Å². The van der Waals surface area contributed by atoms with E-state index >= 15 is 0 Å². The zero-order chi connectivity index (χ0) is 17.2. The maximum atomic E-state index is 9.10. The number of hydrogen-bond donors (Lipinski definition) is 3. The van der Waals surface area contributed by atoms with Crippen LogP contribution in [0.15, 0.2) is 24.3 Å². The second kappa shape index (κ2) is 9.81. The molecule has 1 aliphatic rings. The number of carbonyl (C=O) groups is 2. The SMILES string of the molecule is COc1ccc(CNC2CCN(C)CC2)cc1.O=C(O)C(=O)O. The summed E-state index contributed by atoms with van der Waals surface area (Å²) < 4.78 is 5.15. The van der Waals surface area contributed by atoms with Crippen LogP contribution in [0.2, 0.25) is 0 Å². The topological polar surface area (TPSA) is 99.1 Å². The van der Waals surface area contributed by atoms with Gasteiger partial charge in [-0.05, 0) is 50.7 Å². The molecule has 128 valence electrons. The number of nitrogens with one attached hydrogen (secondary N) is 1. The molecule has 0 spiro atoms. The van der Waals surface area contributed by atoms with Crippen molar-refractivity contribution in [3.8, 4) is 5.75 Å². The van der Waals surface area contributed by atoms with Crippen LogP contribution in [0.4, 0.5) is 0 Å². The molecule has 0 aliphatic carbocycles. The predicted molar refractivity (Wildman–Crippen MR) is 85.6 cm³/mol. The van der Waals surface area contributed by atoms with Gasteiger partial charge in [-0.2, -0.15) is 0 Å². The average molecular weight is 324 g/mol. The van der Waals surface area contributed by atoms with Gasteiger partial charge in [-0.3, -0.25) is 0 Å². The highest BCUT2D eigenvalue weighted by Gasteiger charge is 2.15. The van der Waals surface area contributed by atoms with Gasteiger partial charge in [0.25, 0.3) is 0 Å². The van der Waals surface area contributed by atoms with Crippen LogP contribution in [-0.4, -0.2) is 60.3 Å². The molecule has 0 amide bonds. The molecular formula is C16H24N2O5. The Morgan fingerprint density at radius 2 is 1.70 bits per heavy atom. The molecule has 1 aromatic rings. The van der Waals surface area contributed by atoms with Gasteiger partial charge < -0.3 is 25.2 Å². The van der Waals surface area contributed by atoms with Gasteiger partial charge in [-0.15, -0.1) is 0 Å². The number of ether oxygens (including phenoxy) is 1. The van der Waals surface area contributed by atoms with Gasteiger partial charge in [-0.25, -0.2) is 9.59 Å². The molecule has 7 heteroatoms. The molecule has 1 heterocycles. The molecule has 0 unspecified atom stereocenters. The van der Waals surface area contributed by atoms with E-state index in [1.165, 1.54) is 31.5 Å². The van der Waals surface area contributed by atoms with Crippen molar-refractivity contribution in [3.05, 3.63) is 29.8 Å². The summed E-state index contributed by atoms with van der Waals surface area (Å²) in [5, 5.41) is 18.4. The first kappa shape index (κ1) is 18.9. The lowest BCUT2D eigenvalue weighted by Crippen LogP contribution is -2.40. The molecule has 1 aromatic carbocycles. The first-order valence-electron chi connectivity index (χ1n) is 7.43. The Morgan fingerprint density at radius 1 is 1.17 bits per heavy atom. The fourth-order valence-corrected chi connectivity index (χ4v) is 2.22. The summed E-state index contributed by atoms with van der Waals surface area (Å²) in [5.41, 5.74) is 1.32. The minimum Gasteiger partial charge on any atom is -0.497 e. The summed E-state index contributed by atoms with van der Waals surface area (Å²) in [6.45, 7) is 3.37. The van der Waals surface area contributed by atoms with Gasteiger partial charge in [-0.1, -0.05) is 12.1 Å². The van der Waals surface area contributed by atoms with Crippen molar-refractivity contribution in [3.63, 3.8) is 0 Å². The number of benzene rings is 1. The van der Waals surface area contributed by atoms with Crippen LogP contribution in [0, 0.1) is 0 Å². The van der Waals surface area contributed by atoms with Gasteiger partial charge in [0.1, 0.15) is 5.75 Å². The van der Waals surface area contributed by atoms with Gasteiger partial charge >= 0.3 is 11.9 Å².